The molecule has 2 aliphatic carbocycles. The number of nitrogens with two attached hydrogens (primary N) is 3. The van der Waals surface area contributed by atoms with Gasteiger partial charge in [0.15, 0.2) is 11.6 Å². The number of hydrogen-bond acceptors (Lipinski definition) is 11. The summed E-state index contributed by atoms with van der Waals surface area (Å²) in [5.41, 5.74) is 12.6. The topological polar surface area (TPSA) is 211 Å². The zero-order valence-electron chi connectivity index (χ0n) is 41.5. The third kappa shape index (κ3) is 18.2. The van der Waals surface area contributed by atoms with E-state index in [1.165, 1.54) is 41.9 Å². The molecule has 2 aromatic carbocycles. The van der Waals surface area contributed by atoms with Crippen molar-refractivity contribution in [3.8, 4) is 0 Å². The summed E-state index contributed by atoms with van der Waals surface area (Å²) in [6, 6.07) is 5.42. The van der Waals surface area contributed by atoms with Crippen LogP contribution in [0.15, 0.2) is 36.7 Å². The quantitative estimate of drug-likeness (QED) is 0.0562. The Morgan fingerprint density at radius 2 is 1.05 bits per heavy atom. The van der Waals surface area contributed by atoms with Crippen LogP contribution in [0.4, 0.5) is 35.1 Å². The highest BCUT2D eigenvalue weighted by atomic mass is 35.5. The highest BCUT2D eigenvalue weighted by molar-refractivity contribution is 7.59. The highest BCUT2D eigenvalue weighted by Gasteiger charge is 2.68. The number of halogens is 10. The molecule has 29 heteroatoms. The molecule has 0 bridgehead atoms. The van der Waals surface area contributed by atoms with Crippen LogP contribution >= 0.6 is 99.9 Å². The number of aliphatic carboxylic acids is 1. The highest BCUT2D eigenvalue weighted by Crippen LogP contribution is 2.67. The smallest absolute Gasteiger partial charge is 0.395 e. The summed E-state index contributed by atoms with van der Waals surface area (Å²) in [4.78, 5) is 58.5. The number of hydrogen-bond donors (Lipinski definition) is 5. The number of amides is 3. The predicted octanol–water partition coefficient (Wildman–Crippen LogP) is 9.26. The number of aromatic nitrogens is 2. The number of nitrogens with zero attached hydrogens (tertiary/aromatic N) is 4. The van der Waals surface area contributed by atoms with E-state index in [0.29, 0.717) is 43.9 Å². The predicted molar refractivity (Wildman–Crippen MR) is 297 cm³/mol. The minimum absolute atomic E-state index is 0. The van der Waals surface area contributed by atoms with Gasteiger partial charge in [-0.3, -0.25) is 19.2 Å². The molecule has 2 saturated carbocycles. The van der Waals surface area contributed by atoms with Crippen LogP contribution < -0.4 is 22.5 Å². The second kappa shape index (κ2) is 29.7. The number of primary amides is 2. The number of alkyl halides is 6. The first-order chi connectivity index (χ1) is 32.9. The Balaban J connectivity index is 0.00000116. The molecule has 0 unspecified atom stereocenters. The van der Waals surface area contributed by atoms with Gasteiger partial charge >= 0.3 is 18.3 Å². The fourth-order valence-electron chi connectivity index (χ4n) is 8.10. The minimum Gasteiger partial charge on any atom is -0.481 e. The number of rotatable bonds is 19. The Labute approximate surface area is 476 Å². The van der Waals surface area contributed by atoms with Crippen molar-refractivity contribution in [2.45, 2.75) is 101 Å². The summed E-state index contributed by atoms with van der Waals surface area (Å²) in [7, 11) is 7.29. The van der Waals surface area contributed by atoms with Gasteiger partial charge in [0.1, 0.15) is 0 Å². The molecule has 75 heavy (non-hydrogen) atoms. The Hall–Kier alpha value is -3.12. The third-order valence-electron chi connectivity index (χ3n) is 12.8. The molecule has 3 amide bonds. The molecule has 6 rings (SSSR count). The molecule has 0 radical (unpaired) electrons. The van der Waals surface area contributed by atoms with Crippen molar-refractivity contribution < 1.29 is 59.4 Å². The van der Waals surface area contributed by atoms with E-state index in [2.05, 4.69) is 15.3 Å². The lowest BCUT2D eigenvalue weighted by atomic mass is 9.84. The number of benzene rings is 2. The second-order valence-corrected chi connectivity index (χ2v) is 21.3. The lowest BCUT2D eigenvalue weighted by Gasteiger charge is -2.29. The zero-order valence-corrected chi connectivity index (χ0v) is 48.7. The van der Waals surface area contributed by atoms with E-state index >= 15 is 0 Å². The van der Waals surface area contributed by atoms with Crippen LogP contribution in [-0.4, -0.2) is 114 Å². The van der Waals surface area contributed by atoms with Crippen molar-refractivity contribution in [2.24, 2.45) is 28.0 Å². The summed E-state index contributed by atoms with van der Waals surface area (Å²) in [6.07, 6.45) is -6.07. The molecule has 4 atom stereocenters. The molecular formula is C46H64Cl2F8N8O5S6. The maximum atomic E-state index is 14.4. The van der Waals surface area contributed by atoms with Crippen LogP contribution in [-0.2, 0) is 22.4 Å². The number of thiazole rings is 2. The fraction of sp³-hybridized carbons (Fsp3) is 0.522. The van der Waals surface area contributed by atoms with Crippen LogP contribution in [0.5, 0.6) is 0 Å². The van der Waals surface area contributed by atoms with E-state index in [-0.39, 0.29) is 132 Å². The summed E-state index contributed by atoms with van der Waals surface area (Å²) in [5, 5.41) is 12.6. The van der Waals surface area contributed by atoms with Crippen LogP contribution in [0.2, 0.25) is 10.0 Å². The van der Waals surface area contributed by atoms with E-state index < -0.39 is 76.8 Å². The lowest BCUT2D eigenvalue weighted by molar-refractivity contribution is -0.195. The van der Waals surface area contributed by atoms with Crippen LogP contribution in [0.1, 0.15) is 102 Å². The SMILES string of the molecule is CN(C)[C@H](CN)Cc1ccc(C(N)=O)c(F)c1Cl.Cc1ncc([C@@H](CC(=O)NC[C@H](Cc2ccc(C(N)=O)c(F)c2Cl)N(C)C)C2(C(F)(F)F)CC2)s1.Cc1ncc([C@@H](CC(=O)O)C2(C(F)(F)F)CC2)s1.S.S.S.S. The molecule has 0 spiro atoms. The molecule has 2 aromatic heterocycles. The van der Waals surface area contributed by atoms with Crippen LogP contribution in [0.3, 0.4) is 0 Å². The maximum absolute atomic E-state index is 14.4. The van der Waals surface area contributed by atoms with Gasteiger partial charge in [-0.15, -0.1) is 22.7 Å². The number of carbonyl (C=O) groups excluding carboxylic acids is 3. The molecule has 0 aliphatic heterocycles. The molecule has 13 nitrogen and oxygen atoms in total. The van der Waals surface area contributed by atoms with Crippen LogP contribution in [0.25, 0.3) is 0 Å². The molecule has 8 N–H and O–H groups in total. The van der Waals surface area contributed by atoms with Gasteiger partial charge in [0.2, 0.25) is 5.91 Å². The van der Waals surface area contributed by atoms with Gasteiger partial charge in [-0.1, -0.05) is 35.3 Å². The largest absolute Gasteiger partial charge is 0.481 e. The van der Waals surface area contributed by atoms with Gasteiger partial charge in [-0.05, 0) is 104 Å². The number of carboxylic acids is 1. The van der Waals surface area contributed by atoms with E-state index in [0.717, 1.165) is 11.3 Å². The summed E-state index contributed by atoms with van der Waals surface area (Å²) in [6.45, 7) is 3.94. The Morgan fingerprint density at radius 3 is 1.33 bits per heavy atom. The molecule has 2 aliphatic rings. The van der Waals surface area contributed by atoms with Gasteiger partial charge in [-0.25, -0.2) is 18.7 Å². The number of aryl methyl sites for hydroxylation is 2. The lowest BCUT2D eigenvalue weighted by Crippen LogP contribution is -2.42. The first kappa shape index (κ1) is 71.9. The van der Waals surface area contributed by atoms with E-state index in [1.807, 2.05) is 19.0 Å². The van der Waals surface area contributed by atoms with Crippen molar-refractivity contribution in [3.63, 3.8) is 0 Å². The van der Waals surface area contributed by atoms with Gasteiger partial charge in [0, 0.05) is 65.6 Å². The second-order valence-electron chi connectivity index (χ2n) is 18.0. The van der Waals surface area contributed by atoms with Crippen molar-refractivity contribution in [1.29, 1.82) is 0 Å². The zero-order chi connectivity index (χ0) is 53.6. The van der Waals surface area contributed by atoms with Crippen molar-refractivity contribution in [1.82, 2.24) is 25.1 Å². The Bertz CT molecular complexity index is 2550. The first-order valence-corrected chi connectivity index (χ1v) is 24.3. The van der Waals surface area contributed by atoms with Gasteiger partial charge < -0.3 is 37.4 Å². The molecular weight excluding hydrogens is 1160 g/mol. The minimum atomic E-state index is -4.42. The molecule has 2 fully saturated rings. The Kier molecular flexibility index (Phi) is 28.5. The molecule has 4 aromatic rings. The van der Waals surface area contributed by atoms with Crippen molar-refractivity contribution in [3.05, 3.63) is 100 Å². The van der Waals surface area contributed by atoms with E-state index in [4.69, 9.17) is 45.5 Å². The molecule has 424 valence electrons. The van der Waals surface area contributed by atoms with Crippen molar-refractivity contribution in [2.75, 3.05) is 41.3 Å². The monoisotopic (exact) mass is 1220 g/mol. The summed E-state index contributed by atoms with van der Waals surface area (Å²) >= 11 is 14.3. The number of likely N-dealkylation sites (N-methyl/N-ethyl adjacent to an activating group) is 2. The fourth-order valence-corrected chi connectivity index (χ4v) is 10.6. The number of carboxylic acid groups (broad SMARTS) is 1. The summed E-state index contributed by atoms with van der Waals surface area (Å²) in [5.74, 6) is -7.18. The van der Waals surface area contributed by atoms with Crippen molar-refractivity contribution >= 4 is 124 Å². The molecule has 0 saturated heterocycles. The number of nitrogens with one attached hydrogen (secondary N) is 1. The maximum Gasteiger partial charge on any atom is 0.395 e. The van der Waals surface area contributed by atoms with E-state index in [1.54, 1.807) is 38.9 Å². The average Bonchev–Trinajstić information content (AvgIpc) is 4.18. The number of carbonyl (C=O) groups is 4. The Morgan fingerprint density at radius 1 is 0.693 bits per heavy atom. The first-order valence-electron chi connectivity index (χ1n) is 21.9. The average molecular weight is 1220 g/mol. The van der Waals surface area contributed by atoms with Gasteiger partial charge in [-0.2, -0.15) is 80.3 Å². The standard InChI is InChI=1S/C23H27ClF4N4O2S.C12H17ClFN3O.C11H12F3NO2S.4H2S/c1-12-30-11-17(35-12)16(22(6-7-22)23(26,27)28)9-18(33)31-10-14(32(2)3)8-13-4-5-15(21(29)34)20(25)19(13)24;1-17(2)8(6-15)5-7-3-4-9(12(16)18)11(14)10(7)13;1-6-15-5-8(18-6)7(4-9(16)17)10(2-3-10)11(12,13)14;;;;/h4-5,11,14,16H,6-10H2,1-3H3,(H2,29,34)(H,31,33);3-4,8H,5-6,15H2,1-2H3,(H2,16,18);5,7H,2-4H2,1H3,(H,16,17);4*1H2/t14-,16+;8-;7-;;;;/m001..../s1. The molecule has 2 heterocycles. The normalized spacial score (nSPS) is 15.6. The van der Waals surface area contributed by atoms with Crippen LogP contribution in [0, 0.1) is 36.3 Å². The third-order valence-corrected chi connectivity index (χ3v) is 15.7. The summed E-state index contributed by atoms with van der Waals surface area (Å²) < 4.78 is 109. The van der Waals surface area contributed by atoms with Gasteiger partial charge in [0.25, 0.3) is 11.8 Å². The van der Waals surface area contributed by atoms with Gasteiger partial charge in [0.05, 0.1) is 48.4 Å². The van der Waals surface area contributed by atoms with E-state index in [9.17, 15) is 54.3 Å².